The minimum absolute atomic E-state index is 0.0233. The lowest BCUT2D eigenvalue weighted by Crippen LogP contribution is -2.39. The standard InChI is InChI=1S/C23H19N3O5S/c1-13-20(14(2)27)21(16-6-10-18(31-3)11-7-16)25-22(28)19(32-23(25)24-13)12-15-4-8-17(9-5-15)26(29)30/h4-12,21H,1-3H3/b19-12+/t21-/m1/s1. The molecule has 3 aromatic rings. The number of fused-ring (bicyclic) bond motifs is 1. The average Bonchev–Trinajstić information content (AvgIpc) is 3.07. The van der Waals surface area contributed by atoms with Crippen LogP contribution in [0.1, 0.15) is 31.0 Å². The van der Waals surface area contributed by atoms with E-state index in [1.165, 1.54) is 35.0 Å². The predicted octanol–water partition coefficient (Wildman–Crippen LogP) is 2.74. The number of thiazole rings is 1. The van der Waals surface area contributed by atoms with E-state index < -0.39 is 11.0 Å². The number of carbonyl (C=O) groups excluding carboxylic acids is 1. The highest BCUT2D eigenvalue weighted by atomic mass is 32.1. The Morgan fingerprint density at radius 1 is 1.19 bits per heavy atom. The van der Waals surface area contributed by atoms with Gasteiger partial charge in [0.1, 0.15) is 5.75 Å². The van der Waals surface area contributed by atoms with Crippen LogP contribution in [0, 0.1) is 10.1 Å². The monoisotopic (exact) mass is 449 g/mol. The summed E-state index contributed by atoms with van der Waals surface area (Å²) in [6.07, 6.45) is 1.67. The normalized spacial score (nSPS) is 15.8. The number of methoxy groups -OCH3 is 1. The molecule has 162 valence electrons. The molecule has 0 saturated carbocycles. The number of nitro groups is 1. The van der Waals surface area contributed by atoms with Gasteiger partial charge in [0.05, 0.1) is 22.6 Å². The third-order valence-electron chi connectivity index (χ3n) is 5.23. The number of nitro benzene ring substituents is 1. The summed E-state index contributed by atoms with van der Waals surface area (Å²) in [5, 5.41) is 10.9. The van der Waals surface area contributed by atoms with Gasteiger partial charge in [0.15, 0.2) is 10.6 Å². The van der Waals surface area contributed by atoms with Crippen molar-refractivity contribution in [2.24, 2.45) is 4.99 Å². The van der Waals surface area contributed by atoms with Gasteiger partial charge in [0.2, 0.25) is 0 Å². The van der Waals surface area contributed by atoms with Crippen molar-refractivity contribution in [1.29, 1.82) is 0 Å². The van der Waals surface area contributed by atoms with Gasteiger partial charge >= 0.3 is 0 Å². The summed E-state index contributed by atoms with van der Waals surface area (Å²) in [6.45, 7) is 3.23. The Bertz CT molecular complexity index is 1430. The van der Waals surface area contributed by atoms with E-state index in [1.54, 1.807) is 44.4 Å². The first-order chi connectivity index (χ1) is 15.3. The number of hydrogen-bond donors (Lipinski definition) is 0. The number of ether oxygens (including phenoxy) is 1. The number of benzene rings is 2. The van der Waals surface area contributed by atoms with Crippen LogP contribution in [0.3, 0.4) is 0 Å². The maximum atomic E-state index is 13.4. The Balaban J connectivity index is 1.90. The second kappa shape index (κ2) is 8.35. The van der Waals surface area contributed by atoms with Crippen LogP contribution in [0.4, 0.5) is 5.69 Å². The molecule has 1 aliphatic rings. The van der Waals surface area contributed by atoms with Gasteiger partial charge in [0.25, 0.3) is 11.2 Å². The molecule has 0 fully saturated rings. The fraction of sp³-hybridized carbons (Fsp3) is 0.174. The van der Waals surface area contributed by atoms with Gasteiger partial charge in [0, 0.05) is 23.4 Å². The molecule has 32 heavy (non-hydrogen) atoms. The lowest BCUT2D eigenvalue weighted by molar-refractivity contribution is -0.384. The molecule has 1 aromatic heterocycles. The minimum atomic E-state index is -0.603. The summed E-state index contributed by atoms with van der Waals surface area (Å²) in [5.74, 6) is 0.515. The van der Waals surface area contributed by atoms with Gasteiger partial charge in [-0.2, -0.15) is 0 Å². The maximum absolute atomic E-state index is 13.4. The van der Waals surface area contributed by atoms with Crippen molar-refractivity contribution in [2.45, 2.75) is 19.9 Å². The van der Waals surface area contributed by atoms with Crippen LogP contribution in [0.25, 0.3) is 6.08 Å². The number of Topliss-reactive ketones (excluding diaryl/α,β-unsaturated/α-hetero) is 1. The lowest BCUT2D eigenvalue weighted by atomic mass is 9.93. The van der Waals surface area contributed by atoms with E-state index in [0.717, 1.165) is 5.56 Å². The van der Waals surface area contributed by atoms with Crippen LogP contribution in [0.5, 0.6) is 5.75 Å². The molecule has 0 amide bonds. The number of carbonyl (C=O) groups is 1. The molecule has 0 radical (unpaired) electrons. The Labute approximate surface area is 186 Å². The Kier molecular flexibility index (Phi) is 5.58. The van der Waals surface area contributed by atoms with Crippen LogP contribution in [-0.4, -0.2) is 22.4 Å². The molecule has 2 aromatic carbocycles. The zero-order chi connectivity index (χ0) is 23.0. The van der Waals surface area contributed by atoms with Crippen molar-refractivity contribution in [1.82, 2.24) is 4.57 Å². The highest BCUT2D eigenvalue weighted by molar-refractivity contribution is 7.07. The maximum Gasteiger partial charge on any atom is 0.271 e. The molecular weight excluding hydrogens is 430 g/mol. The third kappa shape index (κ3) is 3.78. The van der Waals surface area contributed by atoms with E-state index in [4.69, 9.17) is 4.74 Å². The van der Waals surface area contributed by atoms with Crippen molar-refractivity contribution >= 4 is 28.9 Å². The summed E-state index contributed by atoms with van der Waals surface area (Å²) in [6, 6.07) is 12.6. The smallest absolute Gasteiger partial charge is 0.271 e. The van der Waals surface area contributed by atoms with Crippen LogP contribution in [-0.2, 0) is 4.79 Å². The molecule has 0 saturated heterocycles. The minimum Gasteiger partial charge on any atom is -0.497 e. The number of allylic oxidation sites excluding steroid dienone is 2. The second-order valence-corrected chi connectivity index (χ2v) is 8.27. The van der Waals surface area contributed by atoms with Crippen molar-refractivity contribution in [3.05, 3.63) is 101 Å². The first-order valence-corrected chi connectivity index (χ1v) is 10.5. The van der Waals surface area contributed by atoms with E-state index in [0.29, 0.717) is 31.9 Å². The number of hydrogen-bond acceptors (Lipinski definition) is 7. The van der Waals surface area contributed by atoms with Crippen molar-refractivity contribution < 1.29 is 14.5 Å². The van der Waals surface area contributed by atoms with Gasteiger partial charge in [-0.15, -0.1) is 0 Å². The first-order valence-electron chi connectivity index (χ1n) is 9.72. The van der Waals surface area contributed by atoms with Gasteiger partial charge in [-0.05, 0) is 55.3 Å². The molecule has 0 spiro atoms. The lowest BCUT2D eigenvalue weighted by Gasteiger charge is -2.24. The topological polar surface area (TPSA) is 104 Å². The number of aromatic nitrogens is 1. The summed E-state index contributed by atoms with van der Waals surface area (Å²) in [7, 11) is 1.57. The van der Waals surface area contributed by atoms with Gasteiger partial charge in [-0.3, -0.25) is 24.3 Å². The van der Waals surface area contributed by atoms with E-state index in [-0.39, 0.29) is 17.0 Å². The summed E-state index contributed by atoms with van der Waals surface area (Å²) >= 11 is 1.22. The fourth-order valence-electron chi connectivity index (χ4n) is 3.72. The zero-order valence-electron chi connectivity index (χ0n) is 17.6. The molecule has 1 atom stereocenters. The largest absolute Gasteiger partial charge is 0.497 e. The summed E-state index contributed by atoms with van der Waals surface area (Å²) in [4.78, 5) is 41.3. The quantitative estimate of drug-likeness (QED) is 0.440. The average molecular weight is 449 g/mol. The molecule has 1 aliphatic heterocycles. The van der Waals surface area contributed by atoms with E-state index >= 15 is 0 Å². The number of non-ortho nitro benzene ring substituents is 1. The molecule has 0 bridgehead atoms. The van der Waals surface area contributed by atoms with Gasteiger partial charge in [-0.25, -0.2) is 4.99 Å². The molecular formula is C23H19N3O5S. The number of nitrogens with zero attached hydrogens (tertiary/aromatic N) is 3. The molecule has 8 nitrogen and oxygen atoms in total. The molecule has 4 rings (SSSR count). The second-order valence-electron chi connectivity index (χ2n) is 7.26. The van der Waals surface area contributed by atoms with Gasteiger partial charge < -0.3 is 4.74 Å². The van der Waals surface area contributed by atoms with Crippen molar-refractivity contribution in [3.8, 4) is 5.75 Å². The molecule has 0 unspecified atom stereocenters. The Morgan fingerprint density at radius 2 is 1.84 bits per heavy atom. The van der Waals surface area contributed by atoms with Crippen molar-refractivity contribution in [2.75, 3.05) is 7.11 Å². The molecule has 0 aliphatic carbocycles. The Hall–Kier alpha value is -3.85. The predicted molar refractivity (Wildman–Crippen MR) is 121 cm³/mol. The summed E-state index contributed by atoms with van der Waals surface area (Å²) in [5.41, 5.74) is 2.16. The van der Waals surface area contributed by atoms with Crippen LogP contribution >= 0.6 is 11.3 Å². The van der Waals surface area contributed by atoms with Crippen molar-refractivity contribution in [3.63, 3.8) is 0 Å². The first kappa shape index (κ1) is 21.4. The highest BCUT2D eigenvalue weighted by Gasteiger charge is 2.30. The third-order valence-corrected chi connectivity index (χ3v) is 6.22. The zero-order valence-corrected chi connectivity index (χ0v) is 18.4. The number of ketones is 1. The van der Waals surface area contributed by atoms with Crippen LogP contribution < -0.4 is 19.6 Å². The Morgan fingerprint density at radius 3 is 2.41 bits per heavy atom. The van der Waals surface area contributed by atoms with E-state index in [2.05, 4.69) is 4.99 Å². The van der Waals surface area contributed by atoms with Crippen LogP contribution in [0.15, 0.2) is 69.6 Å². The summed E-state index contributed by atoms with van der Waals surface area (Å²) < 4.78 is 7.19. The SMILES string of the molecule is COc1ccc([C@@H]2C(C(C)=O)=C(C)N=c3s/c(=C/c4ccc([N+](=O)[O-])cc4)c(=O)n32)cc1. The molecule has 2 heterocycles. The van der Waals surface area contributed by atoms with E-state index in [1.807, 2.05) is 12.1 Å². The van der Waals surface area contributed by atoms with Crippen LogP contribution in [0.2, 0.25) is 0 Å². The van der Waals surface area contributed by atoms with E-state index in [9.17, 15) is 19.7 Å². The van der Waals surface area contributed by atoms with Gasteiger partial charge in [-0.1, -0.05) is 23.5 Å². The highest BCUT2D eigenvalue weighted by Crippen LogP contribution is 2.31. The fourth-order valence-corrected chi connectivity index (χ4v) is 4.76. The number of rotatable bonds is 5. The molecule has 9 heteroatoms. The molecule has 0 N–H and O–H groups in total.